The molecule has 0 aliphatic rings. The lowest BCUT2D eigenvalue weighted by Crippen LogP contribution is -2.16. The van der Waals surface area contributed by atoms with Crippen molar-refractivity contribution in [1.82, 2.24) is 0 Å². The SMILES string of the molecule is CCCCC(CCCC)COc1ccc(-c2ccc(-c3ccc(-c4ccc(OC(CCCC)CCCC)cc4)cc3)cc2)cc1.Cc1cc(C)cc(-c2ccc(-c3ccc(-c4ccc(-c5cc(C)cc(C)c5)cc4)cc3)cc2)c1. The molecule has 0 fully saturated rings. The van der Waals surface area contributed by atoms with E-state index in [1.54, 1.807) is 0 Å². The summed E-state index contributed by atoms with van der Waals surface area (Å²) < 4.78 is 12.6. The minimum atomic E-state index is 0.322. The molecular formula is C77H86O2. The molecular weight excluding hydrogens is 957 g/mol. The Morgan fingerprint density at radius 2 is 0.494 bits per heavy atom. The lowest BCUT2D eigenvalue weighted by molar-refractivity contribution is 0.174. The summed E-state index contributed by atoms with van der Waals surface area (Å²) >= 11 is 0. The second-order valence-corrected chi connectivity index (χ2v) is 22.2. The summed E-state index contributed by atoms with van der Waals surface area (Å²) in [6.45, 7) is 18.5. The molecule has 406 valence electrons. The second-order valence-electron chi connectivity index (χ2n) is 22.2. The Morgan fingerprint density at radius 1 is 0.266 bits per heavy atom. The Kier molecular flexibility index (Phi) is 21.6. The van der Waals surface area contributed by atoms with Crippen LogP contribution in [0.4, 0.5) is 0 Å². The van der Waals surface area contributed by atoms with Crippen LogP contribution in [0.1, 0.15) is 127 Å². The maximum absolute atomic E-state index is 6.37. The van der Waals surface area contributed by atoms with E-state index in [1.165, 1.54) is 164 Å². The molecule has 0 N–H and O–H groups in total. The summed E-state index contributed by atoms with van der Waals surface area (Å²) in [6.07, 6.45) is 15.1. The molecule has 9 aromatic rings. The third-order valence-corrected chi connectivity index (χ3v) is 15.4. The molecule has 0 bridgehead atoms. The van der Waals surface area contributed by atoms with Crippen LogP contribution in [0.25, 0.3) is 77.9 Å². The van der Waals surface area contributed by atoms with Gasteiger partial charge in [0.15, 0.2) is 0 Å². The summed E-state index contributed by atoms with van der Waals surface area (Å²) in [5.41, 5.74) is 22.6. The molecule has 0 unspecified atom stereocenters. The van der Waals surface area contributed by atoms with Crippen LogP contribution < -0.4 is 9.47 Å². The standard InChI is InChI=1S/C43H56O2.C34H30/c1-5-9-13-34(14-10-6-2)33-44-41-29-25-39(26-30-41)37-21-17-35(18-22-37)36-19-23-38(24-20-36)40-27-31-43(32-28-40)45-42(15-11-7-3)16-12-8-4;1-23-17-24(2)20-33(19-23)31-13-9-29(10-14-31)27-5-7-28(8-6-27)30-11-15-32(16-12-30)34-21-25(3)18-26(4)22-34/h17-32,34,42H,5-16,33H2,1-4H3;5-22H,1-4H3. The molecule has 9 aromatic carbocycles. The number of rotatable bonds is 24. The summed E-state index contributed by atoms with van der Waals surface area (Å²) in [5.74, 6) is 2.61. The minimum Gasteiger partial charge on any atom is -0.493 e. The van der Waals surface area contributed by atoms with Gasteiger partial charge in [-0.25, -0.2) is 0 Å². The van der Waals surface area contributed by atoms with Crippen LogP contribution in [-0.2, 0) is 0 Å². The quantitative estimate of drug-likeness (QED) is 0.0600. The fourth-order valence-corrected chi connectivity index (χ4v) is 10.9. The van der Waals surface area contributed by atoms with Crippen molar-refractivity contribution >= 4 is 0 Å². The molecule has 0 atom stereocenters. The number of hydrogen-bond acceptors (Lipinski definition) is 2. The maximum Gasteiger partial charge on any atom is 0.119 e. The molecule has 2 heteroatoms. The Labute approximate surface area is 476 Å². The molecule has 79 heavy (non-hydrogen) atoms. The number of ether oxygens (including phenoxy) is 2. The van der Waals surface area contributed by atoms with Gasteiger partial charge in [-0.05, 0) is 161 Å². The van der Waals surface area contributed by atoms with Gasteiger partial charge in [-0.2, -0.15) is 0 Å². The first kappa shape index (κ1) is 57.7. The van der Waals surface area contributed by atoms with Crippen LogP contribution in [0.2, 0.25) is 0 Å². The van der Waals surface area contributed by atoms with E-state index in [9.17, 15) is 0 Å². The maximum atomic E-state index is 6.37. The van der Waals surface area contributed by atoms with Crippen molar-refractivity contribution in [2.75, 3.05) is 6.61 Å². The van der Waals surface area contributed by atoms with Crippen LogP contribution in [-0.4, -0.2) is 12.7 Å². The average molecular weight is 1040 g/mol. The predicted octanol–water partition coefficient (Wildman–Crippen LogP) is 22.8. The molecule has 0 aliphatic heterocycles. The van der Waals surface area contributed by atoms with Crippen LogP contribution in [0.5, 0.6) is 11.5 Å². The second kappa shape index (κ2) is 29.5. The van der Waals surface area contributed by atoms with Gasteiger partial charge in [-0.15, -0.1) is 0 Å². The van der Waals surface area contributed by atoms with Crippen LogP contribution >= 0.6 is 0 Å². The topological polar surface area (TPSA) is 18.5 Å². The van der Waals surface area contributed by atoms with E-state index in [-0.39, 0.29) is 0 Å². The fraction of sp³-hybridized carbons (Fsp3) is 0.299. The molecule has 0 saturated carbocycles. The zero-order valence-electron chi connectivity index (χ0n) is 48.8. The van der Waals surface area contributed by atoms with Gasteiger partial charge in [0, 0.05) is 0 Å². The Balaban J connectivity index is 0.000000216. The molecule has 0 aliphatic carbocycles. The Hall–Kier alpha value is -7.42. The average Bonchev–Trinajstić information content (AvgIpc) is 3.48. The summed E-state index contributed by atoms with van der Waals surface area (Å²) in [5, 5.41) is 0. The lowest BCUT2D eigenvalue weighted by atomic mass is 9.95. The third-order valence-electron chi connectivity index (χ3n) is 15.4. The van der Waals surface area contributed by atoms with E-state index in [4.69, 9.17) is 9.47 Å². The van der Waals surface area contributed by atoms with E-state index in [2.05, 4.69) is 262 Å². The predicted molar refractivity (Wildman–Crippen MR) is 341 cm³/mol. The molecule has 0 amide bonds. The van der Waals surface area contributed by atoms with Crippen molar-refractivity contribution in [2.45, 2.75) is 139 Å². The first-order valence-corrected chi connectivity index (χ1v) is 29.8. The van der Waals surface area contributed by atoms with Crippen molar-refractivity contribution in [3.05, 3.63) is 229 Å². The minimum absolute atomic E-state index is 0.322. The van der Waals surface area contributed by atoms with Crippen molar-refractivity contribution in [3.8, 4) is 89.4 Å². The van der Waals surface area contributed by atoms with Crippen LogP contribution in [0.3, 0.4) is 0 Å². The first-order chi connectivity index (χ1) is 38.6. The molecule has 2 nitrogen and oxygen atoms in total. The van der Waals surface area contributed by atoms with Gasteiger partial charge in [0.05, 0.1) is 12.7 Å². The van der Waals surface area contributed by atoms with Gasteiger partial charge in [0.1, 0.15) is 11.5 Å². The van der Waals surface area contributed by atoms with Gasteiger partial charge in [-0.3, -0.25) is 0 Å². The largest absolute Gasteiger partial charge is 0.493 e. The van der Waals surface area contributed by atoms with Gasteiger partial charge < -0.3 is 9.47 Å². The number of hydrogen-bond donors (Lipinski definition) is 0. The molecule has 0 saturated heterocycles. The van der Waals surface area contributed by atoms with Crippen LogP contribution in [0, 0.1) is 33.6 Å². The highest BCUT2D eigenvalue weighted by molar-refractivity contribution is 5.77. The molecule has 0 radical (unpaired) electrons. The highest BCUT2D eigenvalue weighted by Crippen LogP contribution is 2.33. The van der Waals surface area contributed by atoms with Crippen molar-refractivity contribution in [3.63, 3.8) is 0 Å². The molecule has 9 rings (SSSR count). The van der Waals surface area contributed by atoms with Crippen molar-refractivity contribution in [2.24, 2.45) is 5.92 Å². The van der Waals surface area contributed by atoms with E-state index in [1.807, 2.05) is 0 Å². The molecule has 0 heterocycles. The highest BCUT2D eigenvalue weighted by atomic mass is 16.5. The van der Waals surface area contributed by atoms with Gasteiger partial charge in [-0.1, -0.05) is 283 Å². The first-order valence-electron chi connectivity index (χ1n) is 29.8. The smallest absolute Gasteiger partial charge is 0.119 e. The van der Waals surface area contributed by atoms with E-state index in [0.717, 1.165) is 30.9 Å². The summed E-state index contributed by atoms with van der Waals surface area (Å²) in [6, 6.07) is 75.1. The Bertz CT molecular complexity index is 3050. The van der Waals surface area contributed by atoms with Crippen LogP contribution in [0.15, 0.2) is 206 Å². The highest BCUT2D eigenvalue weighted by Gasteiger charge is 2.13. The fourth-order valence-electron chi connectivity index (χ4n) is 10.9. The van der Waals surface area contributed by atoms with Gasteiger partial charge in [0.2, 0.25) is 0 Å². The number of benzene rings is 9. The molecule has 0 aromatic heterocycles. The molecule has 0 spiro atoms. The monoisotopic (exact) mass is 1040 g/mol. The summed E-state index contributed by atoms with van der Waals surface area (Å²) in [4.78, 5) is 0. The summed E-state index contributed by atoms with van der Waals surface area (Å²) in [7, 11) is 0. The number of unbranched alkanes of at least 4 members (excludes halogenated alkanes) is 4. The van der Waals surface area contributed by atoms with E-state index < -0.39 is 0 Å². The number of aryl methyl sites for hydroxylation is 4. The van der Waals surface area contributed by atoms with E-state index >= 15 is 0 Å². The Morgan fingerprint density at radius 3 is 0.759 bits per heavy atom. The third kappa shape index (κ3) is 17.0. The van der Waals surface area contributed by atoms with Gasteiger partial charge >= 0.3 is 0 Å². The normalized spacial score (nSPS) is 11.2. The van der Waals surface area contributed by atoms with Crippen molar-refractivity contribution < 1.29 is 9.47 Å². The zero-order chi connectivity index (χ0) is 55.3. The lowest BCUT2D eigenvalue weighted by Gasteiger charge is -2.19. The van der Waals surface area contributed by atoms with Crippen molar-refractivity contribution in [1.29, 1.82) is 0 Å². The van der Waals surface area contributed by atoms with E-state index in [0.29, 0.717) is 12.0 Å². The van der Waals surface area contributed by atoms with Gasteiger partial charge in [0.25, 0.3) is 0 Å². The zero-order valence-corrected chi connectivity index (χ0v) is 48.8.